The highest BCUT2D eigenvalue weighted by molar-refractivity contribution is 7.13. The lowest BCUT2D eigenvalue weighted by Gasteiger charge is -2.02. The Kier molecular flexibility index (Phi) is 3.42. The van der Waals surface area contributed by atoms with Gasteiger partial charge in [0.15, 0.2) is 0 Å². The zero-order chi connectivity index (χ0) is 11.5. The van der Waals surface area contributed by atoms with Crippen molar-refractivity contribution >= 4 is 11.3 Å². The van der Waals surface area contributed by atoms with E-state index < -0.39 is 0 Å². The molecule has 0 radical (unpaired) electrons. The predicted molar refractivity (Wildman–Crippen MR) is 72.0 cm³/mol. The Labute approximate surface area is 101 Å². The lowest BCUT2D eigenvalue weighted by molar-refractivity contribution is 0.974. The molecule has 0 unspecified atom stereocenters. The summed E-state index contributed by atoms with van der Waals surface area (Å²) in [6.45, 7) is 5.01. The summed E-state index contributed by atoms with van der Waals surface area (Å²) in [6, 6.07) is 8.94. The van der Waals surface area contributed by atoms with Crippen molar-refractivity contribution in [3.05, 3.63) is 46.3 Å². The summed E-state index contributed by atoms with van der Waals surface area (Å²) in [7, 11) is 0. The van der Waals surface area contributed by atoms with Crippen LogP contribution in [-0.4, -0.2) is 6.54 Å². The third-order valence-electron chi connectivity index (χ3n) is 2.59. The highest BCUT2D eigenvalue weighted by Gasteiger charge is 2.03. The maximum absolute atomic E-state index is 5.56. The normalized spacial score (nSPS) is 10.7. The van der Waals surface area contributed by atoms with E-state index >= 15 is 0 Å². The van der Waals surface area contributed by atoms with Crippen molar-refractivity contribution in [1.29, 1.82) is 0 Å². The maximum Gasteiger partial charge on any atom is 0.0345 e. The maximum atomic E-state index is 5.56. The summed E-state index contributed by atoms with van der Waals surface area (Å²) < 4.78 is 0. The summed E-state index contributed by atoms with van der Waals surface area (Å²) in [6.07, 6.45) is 0.974. The van der Waals surface area contributed by atoms with Crippen LogP contribution in [0.15, 0.2) is 29.6 Å². The molecule has 0 aliphatic carbocycles. The molecule has 1 aromatic carbocycles. The molecule has 84 valence electrons. The number of nitrogens with two attached hydrogens (primary N) is 1. The lowest BCUT2D eigenvalue weighted by atomic mass is 10.1. The standard InChI is InChI=1S/C14H17NS/c1-10-5-11(2)7-13(6-10)14-8-12(3-4-15)9-16-14/h5-9H,3-4,15H2,1-2H3. The molecule has 2 N–H and O–H groups in total. The third kappa shape index (κ3) is 2.52. The zero-order valence-corrected chi connectivity index (χ0v) is 10.6. The van der Waals surface area contributed by atoms with Gasteiger partial charge in [0.25, 0.3) is 0 Å². The second-order valence-corrected chi connectivity index (χ2v) is 5.15. The first-order chi connectivity index (χ1) is 7.69. The van der Waals surface area contributed by atoms with Gasteiger partial charge in [0.2, 0.25) is 0 Å². The van der Waals surface area contributed by atoms with Crippen LogP contribution in [0, 0.1) is 13.8 Å². The van der Waals surface area contributed by atoms with Gasteiger partial charge in [0, 0.05) is 4.88 Å². The van der Waals surface area contributed by atoms with Crippen LogP contribution in [0.1, 0.15) is 16.7 Å². The molecule has 2 aromatic rings. The summed E-state index contributed by atoms with van der Waals surface area (Å²) in [5, 5.41) is 2.21. The molecular weight excluding hydrogens is 214 g/mol. The summed E-state index contributed by atoms with van der Waals surface area (Å²) in [4.78, 5) is 1.34. The number of rotatable bonds is 3. The van der Waals surface area contributed by atoms with Gasteiger partial charge in [-0.2, -0.15) is 0 Å². The molecule has 1 heterocycles. The van der Waals surface area contributed by atoms with Gasteiger partial charge in [0.1, 0.15) is 0 Å². The van der Waals surface area contributed by atoms with E-state index in [0.717, 1.165) is 13.0 Å². The van der Waals surface area contributed by atoms with E-state index in [1.807, 2.05) is 0 Å². The van der Waals surface area contributed by atoms with Gasteiger partial charge in [-0.25, -0.2) is 0 Å². The Balaban J connectivity index is 2.34. The van der Waals surface area contributed by atoms with Crippen LogP contribution in [0.25, 0.3) is 10.4 Å². The summed E-state index contributed by atoms with van der Waals surface area (Å²) in [5.74, 6) is 0. The number of hydrogen-bond donors (Lipinski definition) is 1. The molecule has 0 aliphatic heterocycles. The Hall–Kier alpha value is -1.12. The van der Waals surface area contributed by atoms with Crippen LogP contribution < -0.4 is 5.73 Å². The highest BCUT2D eigenvalue weighted by Crippen LogP contribution is 2.28. The summed E-state index contributed by atoms with van der Waals surface area (Å²) >= 11 is 1.80. The van der Waals surface area contributed by atoms with Crippen molar-refractivity contribution < 1.29 is 0 Å². The molecule has 1 nitrogen and oxygen atoms in total. The Morgan fingerprint density at radius 3 is 2.38 bits per heavy atom. The second-order valence-electron chi connectivity index (χ2n) is 4.23. The molecule has 1 aromatic heterocycles. The molecule has 0 saturated heterocycles. The van der Waals surface area contributed by atoms with Crippen molar-refractivity contribution in [2.45, 2.75) is 20.3 Å². The minimum atomic E-state index is 0.725. The van der Waals surface area contributed by atoms with Gasteiger partial charge in [-0.05, 0) is 49.4 Å². The van der Waals surface area contributed by atoms with Gasteiger partial charge in [-0.1, -0.05) is 29.3 Å². The van der Waals surface area contributed by atoms with Gasteiger partial charge in [0.05, 0.1) is 0 Å². The smallest absolute Gasteiger partial charge is 0.0345 e. The highest BCUT2D eigenvalue weighted by atomic mass is 32.1. The Morgan fingerprint density at radius 1 is 1.06 bits per heavy atom. The summed E-state index contributed by atoms with van der Waals surface area (Å²) in [5.41, 5.74) is 10.9. The van der Waals surface area contributed by atoms with Crippen LogP contribution in [0.2, 0.25) is 0 Å². The van der Waals surface area contributed by atoms with Crippen molar-refractivity contribution in [1.82, 2.24) is 0 Å². The SMILES string of the molecule is Cc1cc(C)cc(-c2cc(CCN)cs2)c1. The molecule has 0 aliphatic rings. The molecule has 16 heavy (non-hydrogen) atoms. The van der Waals surface area contributed by atoms with Gasteiger partial charge < -0.3 is 5.73 Å². The van der Waals surface area contributed by atoms with E-state index in [0.29, 0.717) is 0 Å². The lowest BCUT2D eigenvalue weighted by Crippen LogP contribution is -2.01. The van der Waals surface area contributed by atoms with Crippen LogP contribution in [0.5, 0.6) is 0 Å². The molecule has 2 heteroatoms. The zero-order valence-electron chi connectivity index (χ0n) is 9.79. The fourth-order valence-corrected chi connectivity index (χ4v) is 2.88. The van der Waals surface area contributed by atoms with E-state index in [1.54, 1.807) is 11.3 Å². The molecule has 2 rings (SSSR count). The van der Waals surface area contributed by atoms with Crippen molar-refractivity contribution in [2.24, 2.45) is 5.73 Å². The molecule has 0 spiro atoms. The second kappa shape index (κ2) is 4.81. The van der Waals surface area contributed by atoms with E-state index in [2.05, 4.69) is 43.5 Å². The minimum absolute atomic E-state index is 0.725. The Bertz CT molecular complexity index is 465. The minimum Gasteiger partial charge on any atom is -0.330 e. The molecule has 0 amide bonds. The number of hydrogen-bond acceptors (Lipinski definition) is 2. The van der Waals surface area contributed by atoms with Crippen LogP contribution in [-0.2, 0) is 6.42 Å². The quantitative estimate of drug-likeness (QED) is 0.859. The van der Waals surface area contributed by atoms with Crippen molar-refractivity contribution in [3.8, 4) is 10.4 Å². The van der Waals surface area contributed by atoms with E-state index in [4.69, 9.17) is 5.73 Å². The van der Waals surface area contributed by atoms with Gasteiger partial charge >= 0.3 is 0 Å². The largest absolute Gasteiger partial charge is 0.330 e. The van der Waals surface area contributed by atoms with Crippen molar-refractivity contribution in [3.63, 3.8) is 0 Å². The van der Waals surface area contributed by atoms with E-state index in [1.165, 1.54) is 27.1 Å². The molecule has 0 atom stereocenters. The predicted octanol–water partition coefficient (Wildman–Crippen LogP) is 3.53. The fourth-order valence-electron chi connectivity index (χ4n) is 1.94. The molecule has 0 bridgehead atoms. The Morgan fingerprint density at radius 2 is 1.75 bits per heavy atom. The average molecular weight is 231 g/mol. The topological polar surface area (TPSA) is 26.0 Å². The monoisotopic (exact) mass is 231 g/mol. The fraction of sp³-hybridized carbons (Fsp3) is 0.286. The van der Waals surface area contributed by atoms with Gasteiger partial charge in [-0.3, -0.25) is 0 Å². The van der Waals surface area contributed by atoms with Crippen LogP contribution in [0.3, 0.4) is 0 Å². The molecular formula is C14H17NS. The first-order valence-electron chi connectivity index (χ1n) is 5.55. The molecule has 0 fully saturated rings. The first kappa shape index (κ1) is 11.4. The third-order valence-corrected chi connectivity index (χ3v) is 3.62. The van der Waals surface area contributed by atoms with Crippen LogP contribution in [0.4, 0.5) is 0 Å². The number of aryl methyl sites for hydroxylation is 2. The van der Waals surface area contributed by atoms with Crippen LogP contribution >= 0.6 is 11.3 Å². The molecule has 0 saturated carbocycles. The van der Waals surface area contributed by atoms with Gasteiger partial charge in [-0.15, -0.1) is 11.3 Å². The number of benzene rings is 1. The average Bonchev–Trinajstić information content (AvgIpc) is 2.65. The van der Waals surface area contributed by atoms with E-state index in [9.17, 15) is 0 Å². The number of thiophene rings is 1. The first-order valence-corrected chi connectivity index (χ1v) is 6.43. The van der Waals surface area contributed by atoms with Crippen molar-refractivity contribution in [2.75, 3.05) is 6.54 Å². The van der Waals surface area contributed by atoms with E-state index in [-0.39, 0.29) is 0 Å².